The van der Waals surface area contributed by atoms with Crippen molar-refractivity contribution < 1.29 is 19.1 Å². The summed E-state index contributed by atoms with van der Waals surface area (Å²) in [6.45, 7) is 4.35. The molecule has 1 aromatic heterocycles. The molecule has 0 fully saturated rings. The van der Waals surface area contributed by atoms with Crippen LogP contribution in [0.25, 0.3) is 0 Å². The molecule has 0 saturated heterocycles. The Morgan fingerprint density at radius 3 is 2.44 bits per heavy atom. The van der Waals surface area contributed by atoms with Crippen molar-refractivity contribution in [3.05, 3.63) is 23.8 Å². The average molecular weight is 352 g/mol. The van der Waals surface area contributed by atoms with Crippen LogP contribution >= 0.6 is 0 Å². The van der Waals surface area contributed by atoms with Gasteiger partial charge in [-0.15, -0.1) is 0 Å². The first-order valence-corrected chi connectivity index (χ1v) is 8.41. The van der Waals surface area contributed by atoms with Gasteiger partial charge in [0, 0.05) is 59.7 Å². The smallest absolute Gasteiger partial charge is 0.274 e. The van der Waals surface area contributed by atoms with Crippen LogP contribution < -0.4 is 5.32 Å². The number of ether oxygens (including phenoxy) is 2. The molecule has 8 nitrogen and oxygen atoms in total. The summed E-state index contributed by atoms with van der Waals surface area (Å²) in [5.41, 5.74) is 1.03. The normalized spacial score (nSPS) is 10.5. The van der Waals surface area contributed by atoms with Crippen LogP contribution in [0.5, 0.6) is 0 Å². The predicted molar refractivity (Wildman–Crippen MR) is 93.3 cm³/mol. The maximum absolute atomic E-state index is 12.6. The van der Waals surface area contributed by atoms with Gasteiger partial charge in [-0.3, -0.25) is 14.6 Å². The number of amides is 2. The topological polar surface area (TPSA) is 93.7 Å². The van der Waals surface area contributed by atoms with Gasteiger partial charge < -0.3 is 19.7 Å². The van der Waals surface area contributed by atoms with E-state index in [1.807, 2.05) is 6.92 Å². The fourth-order valence-corrected chi connectivity index (χ4v) is 2.15. The second-order valence-corrected chi connectivity index (χ2v) is 5.63. The first-order chi connectivity index (χ1) is 12.1. The van der Waals surface area contributed by atoms with Crippen molar-refractivity contribution in [2.45, 2.75) is 26.2 Å². The van der Waals surface area contributed by atoms with E-state index in [0.29, 0.717) is 39.3 Å². The molecular weight excluding hydrogens is 324 g/mol. The Morgan fingerprint density at radius 2 is 1.80 bits per heavy atom. The van der Waals surface area contributed by atoms with E-state index in [0.717, 1.165) is 12.1 Å². The molecule has 1 aromatic rings. The Balaban J connectivity index is 2.55. The summed E-state index contributed by atoms with van der Waals surface area (Å²) in [4.78, 5) is 34.3. The molecule has 25 heavy (non-hydrogen) atoms. The second kappa shape index (κ2) is 12.3. The quantitative estimate of drug-likeness (QED) is 0.560. The molecule has 0 saturated carbocycles. The van der Waals surface area contributed by atoms with Crippen molar-refractivity contribution in [3.8, 4) is 0 Å². The summed E-state index contributed by atoms with van der Waals surface area (Å²) >= 11 is 0. The minimum absolute atomic E-state index is 0.0874. The minimum Gasteiger partial charge on any atom is -0.385 e. The lowest BCUT2D eigenvalue weighted by Crippen LogP contribution is -2.37. The molecule has 0 unspecified atom stereocenters. The lowest BCUT2D eigenvalue weighted by molar-refractivity contribution is -0.121. The Kier molecular flexibility index (Phi) is 10.3. The average Bonchev–Trinajstić information content (AvgIpc) is 2.62. The molecule has 1 N–H and O–H groups in total. The molecule has 0 atom stereocenters. The molecule has 2 amide bonds. The Bertz CT molecular complexity index is 522. The number of carbonyl (C=O) groups is 2. The van der Waals surface area contributed by atoms with Crippen LogP contribution in [0.4, 0.5) is 0 Å². The molecular formula is C17H28N4O4. The highest BCUT2D eigenvalue weighted by molar-refractivity contribution is 5.92. The van der Waals surface area contributed by atoms with Crippen LogP contribution in [-0.4, -0.2) is 73.7 Å². The van der Waals surface area contributed by atoms with Crippen molar-refractivity contribution in [3.63, 3.8) is 0 Å². The van der Waals surface area contributed by atoms with Gasteiger partial charge in [0.25, 0.3) is 5.91 Å². The molecule has 0 aliphatic rings. The van der Waals surface area contributed by atoms with Crippen LogP contribution in [-0.2, 0) is 14.3 Å². The van der Waals surface area contributed by atoms with E-state index in [-0.39, 0.29) is 23.9 Å². The maximum atomic E-state index is 12.6. The predicted octanol–water partition coefficient (Wildman–Crippen LogP) is 0.807. The zero-order chi connectivity index (χ0) is 18.5. The van der Waals surface area contributed by atoms with Gasteiger partial charge in [0.05, 0.1) is 11.9 Å². The molecule has 0 aliphatic carbocycles. The molecule has 8 heteroatoms. The number of nitrogens with one attached hydrogen (secondary N) is 1. The highest BCUT2D eigenvalue weighted by Crippen LogP contribution is 2.04. The van der Waals surface area contributed by atoms with Crippen LogP contribution in [0.15, 0.2) is 12.4 Å². The zero-order valence-electron chi connectivity index (χ0n) is 15.3. The van der Waals surface area contributed by atoms with Gasteiger partial charge in [0.2, 0.25) is 5.91 Å². The van der Waals surface area contributed by atoms with Crippen molar-refractivity contribution in [2.24, 2.45) is 0 Å². The summed E-state index contributed by atoms with van der Waals surface area (Å²) in [5.74, 6) is -0.313. The number of hydrogen-bond acceptors (Lipinski definition) is 6. The molecule has 0 aliphatic heterocycles. The first-order valence-electron chi connectivity index (χ1n) is 8.41. The number of rotatable bonds is 12. The molecule has 0 spiro atoms. The monoisotopic (exact) mass is 352 g/mol. The third-order valence-corrected chi connectivity index (χ3v) is 3.52. The minimum atomic E-state index is -0.226. The summed E-state index contributed by atoms with van der Waals surface area (Å²) < 4.78 is 9.97. The van der Waals surface area contributed by atoms with Gasteiger partial charge in [0.15, 0.2) is 0 Å². The second-order valence-electron chi connectivity index (χ2n) is 5.63. The van der Waals surface area contributed by atoms with Crippen LogP contribution in [0.3, 0.4) is 0 Å². The lowest BCUT2D eigenvalue weighted by atomic mass is 10.2. The molecule has 140 valence electrons. The van der Waals surface area contributed by atoms with Gasteiger partial charge in [-0.1, -0.05) is 0 Å². The van der Waals surface area contributed by atoms with Gasteiger partial charge in [-0.2, -0.15) is 0 Å². The first kappa shape index (κ1) is 21.0. The van der Waals surface area contributed by atoms with Gasteiger partial charge >= 0.3 is 0 Å². The third kappa shape index (κ3) is 8.55. The summed E-state index contributed by atoms with van der Waals surface area (Å²) in [7, 11) is 3.24. The Morgan fingerprint density at radius 1 is 1.08 bits per heavy atom. The number of hydrogen-bond donors (Lipinski definition) is 1. The molecule has 0 bridgehead atoms. The van der Waals surface area contributed by atoms with Gasteiger partial charge in [0.1, 0.15) is 5.69 Å². The number of aryl methyl sites for hydroxylation is 1. The molecule has 0 aromatic carbocycles. The lowest BCUT2D eigenvalue weighted by Gasteiger charge is -2.22. The summed E-state index contributed by atoms with van der Waals surface area (Å²) in [6.07, 6.45) is 4.72. The molecule has 1 rings (SSSR count). The van der Waals surface area contributed by atoms with E-state index in [9.17, 15) is 9.59 Å². The fraction of sp³-hybridized carbons (Fsp3) is 0.647. The van der Waals surface area contributed by atoms with Gasteiger partial charge in [-0.25, -0.2) is 4.98 Å². The van der Waals surface area contributed by atoms with Crippen LogP contribution in [0, 0.1) is 6.92 Å². The molecule has 1 heterocycles. The van der Waals surface area contributed by atoms with E-state index in [1.165, 1.54) is 6.20 Å². The fourth-order valence-electron chi connectivity index (χ4n) is 2.15. The number of aromatic nitrogens is 2. The van der Waals surface area contributed by atoms with Crippen molar-refractivity contribution in [1.82, 2.24) is 20.2 Å². The van der Waals surface area contributed by atoms with Crippen LogP contribution in [0.2, 0.25) is 0 Å². The number of carbonyl (C=O) groups excluding carboxylic acids is 2. The van der Waals surface area contributed by atoms with E-state index >= 15 is 0 Å². The summed E-state index contributed by atoms with van der Waals surface area (Å²) in [5, 5.41) is 2.82. The Hall–Kier alpha value is -2.06. The highest BCUT2D eigenvalue weighted by atomic mass is 16.5. The highest BCUT2D eigenvalue weighted by Gasteiger charge is 2.18. The van der Waals surface area contributed by atoms with E-state index < -0.39 is 0 Å². The standard InChI is InChI=1S/C17H28N4O4/c1-14-12-20-15(13-19-14)17(23)21(8-5-11-25-3)9-6-16(22)18-7-4-10-24-2/h12-13H,4-11H2,1-3H3,(H,18,22). The Labute approximate surface area is 148 Å². The summed E-state index contributed by atoms with van der Waals surface area (Å²) in [6, 6.07) is 0. The SMILES string of the molecule is COCCCNC(=O)CCN(CCCOC)C(=O)c1cnc(C)cn1. The zero-order valence-corrected chi connectivity index (χ0v) is 15.3. The van der Waals surface area contributed by atoms with E-state index in [1.54, 1.807) is 25.3 Å². The van der Waals surface area contributed by atoms with Gasteiger partial charge in [-0.05, 0) is 19.8 Å². The number of nitrogens with zero attached hydrogens (tertiary/aromatic N) is 3. The largest absolute Gasteiger partial charge is 0.385 e. The third-order valence-electron chi connectivity index (χ3n) is 3.52. The van der Waals surface area contributed by atoms with Crippen molar-refractivity contribution in [1.29, 1.82) is 0 Å². The van der Waals surface area contributed by atoms with E-state index in [4.69, 9.17) is 9.47 Å². The van der Waals surface area contributed by atoms with Crippen molar-refractivity contribution in [2.75, 3.05) is 47.1 Å². The molecule has 0 radical (unpaired) electrons. The van der Waals surface area contributed by atoms with Crippen molar-refractivity contribution >= 4 is 11.8 Å². The maximum Gasteiger partial charge on any atom is 0.274 e. The van der Waals surface area contributed by atoms with E-state index in [2.05, 4.69) is 15.3 Å². The van der Waals surface area contributed by atoms with Crippen LogP contribution in [0.1, 0.15) is 35.4 Å². The number of methoxy groups -OCH3 is 2.